The van der Waals surface area contributed by atoms with Crippen molar-refractivity contribution < 1.29 is 4.79 Å². The zero-order valence-electron chi connectivity index (χ0n) is 10.6. The molecule has 0 atom stereocenters. The maximum atomic E-state index is 11.8. The molecule has 1 fully saturated rings. The lowest BCUT2D eigenvalue weighted by atomic mass is 9.82. The summed E-state index contributed by atoms with van der Waals surface area (Å²) in [5, 5.41) is 2.97. The van der Waals surface area contributed by atoms with E-state index in [1.54, 1.807) is 12.3 Å². The first-order valence-electron chi connectivity index (χ1n) is 6.69. The van der Waals surface area contributed by atoms with Crippen LogP contribution in [-0.2, 0) is 0 Å². The number of amides is 1. The Morgan fingerprint density at radius 2 is 2.00 bits per heavy atom. The highest BCUT2D eigenvalue weighted by atomic mass is 16.1. The fourth-order valence-corrected chi connectivity index (χ4v) is 2.50. The summed E-state index contributed by atoms with van der Waals surface area (Å²) in [5.41, 5.74) is 6.16. The minimum atomic E-state index is -0.0726. The first-order chi connectivity index (χ1) is 8.79. The van der Waals surface area contributed by atoms with E-state index in [0.717, 1.165) is 13.1 Å². The van der Waals surface area contributed by atoms with Crippen LogP contribution in [0.2, 0.25) is 0 Å². The van der Waals surface area contributed by atoms with Crippen molar-refractivity contribution in [3.63, 3.8) is 0 Å². The van der Waals surface area contributed by atoms with E-state index < -0.39 is 0 Å². The molecule has 0 spiro atoms. The summed E-state index contributed by atoms with van der Waals surface area (Å²) in [5.74, 6) is 1.21. The standard InChI is InChI=1S/C14H21N3O/c15-9-11-4-6-12(7-5-11)10-17-14(18)13-3-1-2-8-16-13/h1-3,8,11-12H,4-7,9-10,15H2,(H,17,18). The van der Waals surface area contributed by atoms with Gasteiger partial charge in [-0.15, -0.1) is 0 Å². The van der Waals surface area contributed by atoms with Crippen molar-refractivity contribution in [1.82, 2.24) is 10.3 Å². The fourth-order valence-electron chi connectivity index (χ4n) is 2.50. The molecule has 1 aromatic heterocycles. The normalized spacial score (nSPS) is 23.6. The predicted molar refractivity (Wildman–Crippen MR) is 71.1 cm³/mol. The maximum Gasteiger partial charge on any atom is 0.269 e. The van der Waals surface area contributed by atoms with Gasteiger partial charge in [0.1, 0.15) is 5.69 Å². The zero-order chi connectivity index (χ0) is 12.8. The highest BCUT2D eigenvalue weighted by Crippen LogP contribution is 2.27. The van der Waals surface area contributed by atoms with Crippen LogP contribution in [0, 0.1) is 11.8 Å². The van der Waals surface area contributed by atoms with Crippen molar-refractivity contribution in [2.45, 2.75) is 25.7 Å². The van der Waals surface area contributed by atoms with Gasteiger partial charge >= 0.3 is 0 Å². The van der Waals surface area contributed by atoms with Gasteiger partial charge in [-0.05, 0) is 56.2 Å². The van der Waals surface area contributed by atoms with Crippen LogP contribution in [0.3, 0.4) is 0 Å². The summed E-state index contributed by atoms with van der Waals surface area (Å²) in [6.07, 6.45) is 6.37. The van der Waals surface area contributed by atoms with E-state index in [9.17, 15) is 4.79 Å². The predicted octanol–water partition coefficient (Wildman–Crippen LogP) is 1.58. The molecule has 2 rings (SSSR count). The van der Waals surface area contributed by atoms with Gasteiger partial charge in [0.15, 0.2) is 0 Å². The summed E-state index contributed by atoms with van der Waals surface area (Å²) in [6, 6.07) is 5.37. The molecular weight excluding hydrogens is 226 g/mol. The van der Waals surface area contributed by atoms with E-state index in [-0.39, 0.29) is 5.91 Å². The average molecular weight is 247 g/mol. The highest BCUT2D eigenvalue weighted by molar-refractivity contribution is 5.92. The van der Waals surface area contributed by atoms with Gasteiger partial charge < -0.3 is 11.1 Å². The maximum absolute atomic E-state index is 11.8. The Bertz CT molecular complexity index is 372. The summed E-state index contributed by atoms with van der Waals surface area (Å²) in [7, 11) is 0. The van der Waals surface area contributed by atoms with Crippen LogP contribution in [0.15, 0.2) is 24.4 Å². The molecule has 1 aliphatic rings. The lowest BCUT2D eigenvalue weighted by Gasteiger charge is -2.27. The third-order valence-electron chi connectivity index (χ3n) is 3.75. The Kier molecular flexibility index (Phi) is 4.70. The molecule has 4 nitrogen and oxygen atoms in total. The SMILES string of the molecule is NCC1CCC(CNC(=O)c2ccccn2)CC1. The van der Waals surface area contributed by atoms with Gasteiger partial charge in [-0.25, -0.2) is 0 Å². The Morgan fingerprint density at radius 1 is 1.28 bits per heavy atom. The summed E-state index contributed by atoms with van der Waals surface area (Å²) >= 11 is 0. The van der Waals surface area contributed by atoms with Crippen LogP contribution in [0.25, 0.3) is 0 Å². The van der Waals surface area contributed by atoms with E-state index in [2.05, 4.69) is 10.3 Å². The second kappa shape index (κ2) is 6.50. The van der Waals surface area contributed by atoms with Crippen LogP contribution in [0.4, 0.5) is 0 Å². The largest absolute Gasteiger partial charge is 0.350 e. The van der Waals surface area contributed by atoms with Gasteiger partial charge in [-0.2, -0.15) is 0 Å². The van der Waals surface area contributed by atoms with Crippen molar-refractivity contribution >= 4 is 5.91 Å². The lowest BCUT2D eigenvalue weighted by molar-refractivity contribution is 0.0936. The van der Waals surface area contributed by atoms with Crippen molar-refractivity contribution in [3.8, 4) is 0 Å². The molecule has 0 saturated heterocycles. The highest BCUT2D eigenvalue weighted by Gasteiger charge is 2.20. The quantitative estimate of drug-likeness (QED) is 0.848. The molecule has 0 aromatic carbocycles. The third-order valence-corrected chi connectivity index (χ3v) is 3.75. The average Bonchev–Trinajstić information content (AvgIpc) is 2.46. The number of carbonyl (C=O) groups excluding carboxylic acids is 1. The molecular formula is C14H21N3O. The van der Waals surface area contributed by atoms with E-state index in [1.165, 1.54) is 25.7 Å². The van der Waals surface area contributed by atoms with Crippen LogP contribution in [-0.4, -0.2) is 24.0 Å². The van der Waals surface area contributed by atoms with Crippen molar-refractivity contribution in [2.24, 2.45) is 17.6 Å². The number of hydrogen-bond donors (Lipinski definition) is 2. The van der Waals surface area contributed by atoms with Crippen molar-refractivity contribution in [3.05, 3.63) is 30.1 Å². The molecule has 0 radical (unpaired) electrons. The Labute approximate surface area is 108 Å². The van der Waals surface area contributed by atoms with Crippen LogP contribution in [0.1, 0.15) is 36.2 Å². The van der Waals surface area contributed by atoms with E-state index in [1.807, 2.05) is 12.1 Å². The number of pyridine rings is 1. The van der Waals surface area contributed by atoms with Gasteiger partial charge in [0, 0.05) is 12.7 Å². The van der Waals surface area contributed by atoms with E-state index in [0.29, 0.717) is 17.5 Å². The number of aromatic nitrogens is 1. The molecule has 1 saturated carbocycles. The van der Waals surface area contributed by atoms with Crippen molar-refractivity contribution in [2.75, 3.05) is 13.1 Å². The molecule has 1 heterocycles. The van der Waals surface area contributed by atoms with Crippen LogP contribution < -0.4 is 11.1 Å². The second-order valence-corrected chi connectivity index (χ2v) is 5.05. The molecule has 0 bridgehead atoms. The smallest absolute Gasteiger partial charge is 0.269 e. The lowest BCUT2D eigenvalue weighted by Crippen LogP contribution is -2.32. The fraction of sp³-hybridized carbons (Fsp3) is 0.571. The first-order valence-corrected chi connectivity index (χ1v) is 6.69. The topological polar surface area (TPSA) is 68.0 Å². The number of hydrogen-bond acceptors (Lipinski definition) is 3. The summed E-state index contributed by atoms with van der Waals surface area (Å²) in [6.45, 7) is 1.56. The minimum Gasteiger partial charge on any atom is -0.350 e. The molecule has 1 amide bonds. The molecule has 0 unspecified atom stereocenters. The third kappa shape index (κ3) is 3.53. The summed E-state index contributed by atoms with van der Waals surface area (Å²) in [4.78, 5) is 15.9. The molecule has 1 aliphatic carbocycles. The molecule has 4 heteroatoms. The molecule has 0 aliphatic heterocycles. The van der Waals surface area contributed by atoms with E-state index >= 15 is 0 Å². The Morgan fingerprint density at radius 3 is 2.61 bits per heavy atom. The molecule has 1 aromatic rings. The first kappa shape index (κ1) is 13.0. The van der Waals surface area contributed by atoms with Gasteiger partial charge in [-0.3, -0.25) is 9.78 Å². The number of rotatable bonds is 4. The Hall–Kier alpha value is -1.42. The second-order valence-electron chi connectivity index (χ2n) is 5.05. The van der Waals surface area contributed by atoms with Gasteiger partial charge in [0.05, 0.1) is 0 Å². The number of carbonyl (C=O) groups is 1. The Balaban J connectivity index is 1.74. The van der Waals surface area contributed by atoms with Crippen molar-refractivity contribution in [1.29, 1.82) is 0 Å². The number of nitrogens with zero attached hydrogens (tertiary/aromatic N) is 1. The van der Waals surface area contributed by atoms with Gasteiger partial charge in [0.25, 0.3) is 5.91 Å². The number of nitrogens with one attached hydrogen (secondary N) is 1. The molecule has 3 N–H and O–H groups in total. The van der Waals surface area contributed by atoms with Gasteiger partial charge in [0.2, 0.25) is 0 Å². The zero-order valence-corrected chi connectivity index (χ0v) is 10.6. The van der Waals surface area contributed by atoms with E-state index in [4.69, 9.17) is 5.73 Å². The molecule has 18 heavy (non-hydrogen) atoms. The number of nitrogens with two attached hydrogens (primary N) is 1. The monoisotopic (exact) mass is 247 g/mol. The van der Waals surface area contributed by atoms with Crippen LogP contribution >= 0.6 is 0 Å². The van der Waals surface area contributed by atoms with Gasteiger partial charge in [-0.1, -0.05) is 6.07 Å². The summed E-state index contributed by atoms with van der Waals surface area (Å²) < 4.78 is 0. The minimum absolute atomic E-state index is 0.0726. The molecule has 98 valence electrons. The van der Waals surface area contributed by atoms with Crippen LogP contribution in [0.5, 0.6) is 0 Å².